The molecule has 7 heteroatoms. The SMILES string of the molecule is CC1=C(C(=O)NCC(O)c2cccc(C(F)(F)F)c2)CCCO1. The lowest BCUT2D eigenvalue weighted by Gasteiger charge is -2.19. The van der Waals surface area contributed by atoms with Crippen molar-refractivity contribution in [3.05, 3.63) is 46.7 Å². The molecule has 0 fully saturated rings. The second kappa shape index (κ2) is 7.04. The van der Waals surface area contributed by atoms with Crippen LogP contribution in [-0.2, 0) is 15.7 Å². The number of rotatable bonds is 4. The van der Waals surface area contributed by atoms with E-state index in [2.05, 4.69) is 5.32 Å². The number of hydrogen-bond acceptors (Lipinski definition) is 3. The average Bonchev–Trinajstić information content (AvgIpc) is 2.52. The highest BCUT2D eigenvalue weighted by molar-refractivity contribution is 5.93. The van der Waals surface area contributed by atoms with Crippen LogP contribution >= 0.6 is 0 Å². The largest absolute Gasteiger partial charge is 0.498 e. The summed E-state index contributed by atoms with van der Waals surface area (Å²) in [7, 11) is 0. The lowest BCUT2D eigenvalue weighted by Crippen LogP contribution is -2.31. The van der Waals surface area contributed by atoms with Crippen LogP contribution in [0.15, 0.2) is 35.6 Å². The molecule has 1 aliphatic rings. The molecule has 2 N–H and O–H groups in total. The third-order valence-corrected chi connectivity index (χ3v) is 3.64. The molecule has 1 aliphatic heterocycles. The van der Waals surface area contributed by atoms with Gasteiger partial charge in [-0.2, -0.15) is 13.2 Å². The smallest absolute Gasteiger partial charge is 0.416 e. The van der Waals surface area contributed by atoms with Gasteiger partial charge in [-0.05, 0) is 37.5 Å². The third-order valence-electron chi connectivity index (χ3n) is 3.64. The van der Waals surface area contributed by atoms with E-state index in [1.165, 1.54) is 12.1 Å². The van der Waals surface area contributed by atoms with Crippen molar-refractivity contribution in [1.82, 2.24) is 5.32 Å². The third kappa shape index (κ3) is 4.48. The molecule has 1 heterocycles. The van der Waals surface area contributed by atoms with E-state index >= 15 is 0 Å². The Morgan fingerprint density at radius 2 is 2.17 bits per heavy atom. The molecule has 1 aromatic carbocycles. The fourth-order valence-corrected chi connectivity index (χ4v) is 2.35. The van der Waals surface area contributed by atoms with Crippen LogP contribution in [0.2, 0.25) is 0 Å². The van der Waals surface area contributed by atoms with Gasteiger partial charge in [0, 0.05) is 6.54 Å². The van der Waals surface area contributed by atoms with E-state index in [9.17, 15) is 23.1 Å². The number of aliphatic hydroxyl groups excluding tert-OH is 1. The van der Waals surface area contributed by atoms with Crippen LogP contribution < -0.4 is 5.32 Å². The van der Waals surface area contributed by atoms with Crippen LogP contribution in [0.4, 0.5) is 13.2 Å². The summed E-state index contributed by atoms with van der Waals surface area (Å²) in [5, 5.41) is 12.5. The highest BCUT2D eigenvalue weighted by Gasteiger charge is 2.31. The van der Waals surface area contributed by atoms with Gasteiger partial charge in [0.15, 0.2) is 0 Å². The van der Waals surface area contributed by atoms with Gasteiger partial charge in [0.25, 0.3) is 5.91 Å². The fourth-order valence-electron chi connectivity index (χ4n) is 2.35. The number of carbonyl (C=O) groups excluding carboxylic acids is 1. The minimum absolute atomic E-state index is 0.103. The van der Waals surface area contributed by atoms with Gasteiger partial charge < -0.3 is 15.2 Å². The molecule has 1 atom stereocenters. The number of alkyl halides is 3. The monoisotopic (exact) mass is 329 g/mol. The highest BCUT2D eigenvalue weighted by Crippen LogP contribution is 2.30. The van der Waals surface area contributed by atoms with Crippen LogP contribution in [0.5, 0.6) is 0 Å². The quantitative estimate of drug-likeness (QED) is 0.893. The van der Waals surface area contributed by atoms with Crippen molar-refractivity contribution in [2.45, 2.75) is 32.0 Å². The second-order valence-corrected chi connectivity index (χ2v) is 5.34. The van der Waals surface area contributed by atoms with E-state index in [1.54, 1.807) is 6.92 Å². The molecule has 0 aromatic heterocycles. The molecule has 1 unspecified atom stereocenters. The molecular formula is C16H18F3NO3. The molecule has 126 valence electrons. The van der Waals surface area contributed by atoms with Crippen LogP contribution in [0, 0.1) is 0 Å². The molecule has 0 spiro atoms. The highest BCUT2D eigenvalue weighted by atomic mass is 19.4. The van der Waals surface area contributed by atoms with Crippen molar-refractivity contribution in [2.24, 2.45) is 0 Å². The van der Waals surface area contributed by atoms with Crippen molar-refractivity contribution in [3.63, 3.8) is 0 Å². The maximum atomic E-state index is 12.7. The molecule has 1 aromatic rings. The van der Waals surface area contributed by atoms with Gasteiger partial charge in [0.1, 0.15) is 5.76 Å². The summed E-state index contributed by atoms with van der Waals surface area (Å²) in [5.74, 6) is 0.176. The van der Waals surface area contributed by atoms with Crippen molar-refractivity contribution in [3.8, 4) is 0 Å². The number of ether oxygens (including phenoxy) is 1. The van der Waals surface area contributed by atoms with Gasteiger partial charge >= 0.3 is 6.18 Å². The summed E-state index contributed by atoms with van der Waals surface area (Å²) < 4.78 is 43.3. The number of benzene rings is 1. The van der Waals surface area contributed by atoms with Gasteiger partial charge in [0.2, 0.25) is 0 Å². The average molecular weight is 329 g/mol. The van der Waals surface area contributed by atoms with E-state index in [1.807, 2.05) is 0 Å². The van der Waals surface area contributed by atoms with Crippen molar-refractivity contribution >= 4 is 5.91 Å². The molecule has 1 amide bonds. The zero-order valence-corrected chi connectivity index (χ0v) is 12.6. The van der Waals surface area contributed by atoms with Crippen LogP contribution in [0.3, 0.4) is 0 Å². The molecule has 23 heavy (non-hydrogen) atoms. The number of nitrogens with one attached hydrogen (secondary N) is 1. The van der Waals surface area contributed by atoms with Crippen LogP contribution in [0.1, 0.15) is 37.0 Å². The fraction of sp³-hybridized carbons (Fsp3) is 0.438. The Morgan fingerprint density at radius 3 is 2.83 bits per heavy atom. The van der Waals surface area contributed by atoms with Gasteiger partial charge in [0.05, 0.1) is 23.8 Å². The van der Waals surface area contributed by atoms with Gasteiger partial charge in [-0.1, -0.05) is 12.1 Å². The number of allylic oxidation sites excluding steroid dienone is 1. The van der Waals surface area contributed by atoms with Crippen LogP contribution in [-0.4, -0.2) is 24.2 Å². The molecule has 2 rings (SSSR count). The number of halogens is 3. The zero-order chi connectivity index (χ0) is 17.0. The molecule has 0 bridgehead atoms. The predicted octanol–water partition coefficient (Wildman–Crippen LogP) is 2.94. The minimum Gasteiger partial charge on any atom is -0.498 e. The lowest BCUT2D eigenvalue weighted by molar-refractivity contribution is -0.137. The van der Waals surface area contributed by atoms with Gasteiger partial charge in [-0.15, -0.1) is 0 Å². The zero-order valence-electron chi connectivity index (χ0n) is 12.6. The van der Waals surface area contributed by atoms with E-state index in [4.69, 9.17) is 4.74 Å². The summed E-state index contributed by atoms with van der Waals surface area (Å²) in [6.07, 6.45) is -4.37. The molecule has 0 saturated carbocycles. The van der Waals surface area contributed by atoms with Crippen molar-refractivity contribution in [1.29, 1.82) is 0 Å². The van der Waals surface area contributed by atoms with E-state index in [0.29, 0.717) is 24.4 Å². The van der Waals surface area contributed by atoms with E-state index < -0.39 is 17.8 Å². The van der Waals surface area contributed by atoms with Crippen molar-refractivity contribution < 1.29 is 27.8 Å². The van der Waals surface area contributed by atoms with Gasteiger partial charge in [-0.3, -0.25) is 4.79 Å². The first-order chi connectivity index (χ1) is 10.8. The second-order valence-electron chi connectivity index (χ2n) is 5.34. The van der Waals surface area contributed by atoms with Crippen molar-refractivity contribution in [2.75, 3.05) is 13.2 Å². The Balaban J connectivity index is 2.00. The maximum absolute atomic E-state index is 12.7. The van der Waals surface area contributed by atoms with E-state index in [-0.39, 0.29) is 18.0 Å². The van der Waals surface area contributed by atoms with Crippen LogP contribution in [0.25, 0.3) is 0 Å². The minimum atomic E-state index is -4.47. The molecule has 0 aliphatic carbocycles. The number of amides is 1. The Bertz CT molecular complexity index is 611. The summed E-state index contributed by atoms with van der Waals surface area (Å²) in [4.78, 5) is 12.0. The first-order valence-corrected chi connectivity index (χ1v) is 7.25. The number of carbonyl (C=O) groups is 1. The Kier molecular flexibility index (Phi) is 5.30. The Hall–Kier alpha value is -2.02. The Labute approximate surface area is 132 Å². The summed E-state index contributed by atoms with van der Waals surface area (Å²) in [6.45, 7) is 2.09. The Morgan fingerprint density at radius 1 is 1.43 bits per heavy atom. The lowest BCUT2D eigenvalue weighted by atomic mass is 10.0. The maximum Gasteiger partial charge on any atom is 0.416 e. The number of aliphatic hydroxyl groups is 1. The predicted molar refractivity (Wildman–Crippen MR) is 77.3 cm³/mol. The first kappa shape index (κ1) is 17.3. The standard InChI is InChI=1S/C16H18F3NO3/c1-10-13(6-3-7-23-10)15(22)20-9-14(21)11-4-2-5-12(8-11)16(17,18)19/h2,4-5,8,14,21H,3,6-7,9H2,1H3,(H,20,22). The summed E-state index contributed by atoms with van der Waals surface area (Å²) in [6, 6.07) is 4.43. The topological polar surface area (TPSA) is 58.6 Å². The molecule has 0 radical (unpaired) electrons. The van der Waals surface area contributed by atoms with Gasteiger partial charge in [-0.25, -0.2) is 0 Å². The molecule has 4 nitrogen and oxygen atoms in total. The summed E-state index contributed by atoms with van der Waals surface area (Å²) in [5.41, 5.74) is -0.224. The van der Waals surface area contributed by atoms with E-state index in [0.717, 1.165) is 18.6 Å². The number of hydrogen-bond donors (Lipinski definition) is 2. The first-order valence-electron chi connectivity index (χ1n) is 7.25. The molecular weight excluding hydrogens is 311 g/mol. The normalized spacial score (nSPS) is 16.7. The molecule has 0 saturated heterocycles. The summed E-state index contributed by atoms with van der Waals surface area (Å²) >= 11 is 0.